The van der Waals surface area contributed by atoms with E-state index in [1.54, 1.807) is 6.07 Å². The summed E-state index contributed by atoms with van der Waals surface area (Å²) < 4.78 is 38.4. The van der Waals surface area contributed by atoms with E-state index in [4.69, 9.17) is 9.47 Å². The summed E-state index contributed by atoms with van der Waals surface area (Å²) in [4.78, 5) is 0.112. The summed E-state index contributed by atoms with van der Waals surface area (Å²) in [5.41, 5.74) is -1.32. The van der Waals surface area contributed by atoms with Crippen molar-refractivity contribution in [3.63, 3.8) is 0 Å². The quantitative estimate of drug-likeness (QED) is 0.870. The molecule has 128 valence electrons. The molecule has 6 nitrogen and oxygen atoms in total. The van der Waals surface area contributed by atoms with Gasteiger partial charge in [0.2, 0.25) is 10.0 Å². The van der Waals surface area contributed by atoms with Crippen molar-refractivity contribution in [3.8, 4) is 11.5 Å². The summed E-state index contributed by atoms with van der Waals surface area (Å²) in [5.74, 6) is 0.977. The SMILES string of the molecule is CC1(C)CCCC1(O)CNS(=O)(=O)c1ccc2c(c1)OCCO2. The first-order chi connectivity index (χ1) is 10.7. The molecule has 1 heterocycles. The van der Waals surface area contributed by atoms with Gasteiger partial charge in [0.15, 0.2) is 11.5 Å². The summed E-state index contributed by atoms with van der Waals surface area (Å²) in [6, 6.07) is 4.54. The van der Waals surface area contributed by atoms with E-state index in [0.717, 1.165) is 12.8 Å². The highest BCUT2D eigenvalue weighted by atomic mass is 32.2. The van der Waals surface area contributed by atoms with Gasteiger partial charge < -0.3 is 14.6 Å². The molecule has 0 amide bonds. The van der Waals surface area contributed by atoms with Crippen molar-refractivity contribution in [1.29, 1.82) is 0 Å². The largest absolute Gasteiger partial charge is 0.486 e. The number of nitrogens with one attached hydrogen (secondary N) is 1. The minimum absolute atomic E-state index is 0.0107. The van der Waals surface area contributed by atoms with E-state index in [-0.39, 0.29) is 16.9 Å². The molecular formula is C16H23NO5S. The maximum absolute atomic E-state index is 12.5. The van der Waals surface area contributed by atoms with Crippen LogP contribution < -0.4 is 14.2 Å². The molecule has 0 radical (unpaired) electrons. The first-order valence-electron chi connectivity index (χ1n) is 7.85. The van der Waals surface area contributed by atoms with E-state index in [2.05, 4.69) is 4.72 Å². The van der Waals surface area contributed by atoms with Crippen molar-refractivity contribution in [2.75, 3.05) is 19.8 Å². The highest BCUT2D eigenvalue weighted by molar-refractivity contribution is 7.89. The Morgan fingerprint density at radius 1 is 1.17 bits per heavy atom. The van der Waals surface area contributed by atoms with Crippen molar-refractivity contribution in [2.45, 2.75) is 43.6 Å². The van der Waals surface area contributed by atoms with Gasteiger partial charge in [-0.05, 0) is 36.8 Å². The van der Waals surface area contributed by atoms with Gasteiger partial charge in [0, 0.05) is 12.6 Å². The molecule has 1 aromatic carbocycles. The zero-order valence-electron chi connectivity index (χ0n) is 13.5. The van der Waals surface area contributed by atoms with Crippen LogP contribution in [-0.4, -0.2) is 38.9 Å². The highest BCUT2D eigenvalue weighted by Gasteiger charge is 2.47. The number of aliphatic hydroxyl groups is 1. The molecule has 0 saturated heterocycles. The molecule has 1 unspecified atom stereocenters. The van der Waals surface area contributed by atoms with Crippen LogP contribution in [0.3, 0.4) is 0 Å². The van der Waals surface area contributed by atoms with E-state index in [1.807, 2.05) is 13.8 Å². The molecule has 0 bridgehead atoms. The van der Waals surface area contributed by atoms with Crippen LogP contribution in [-0.2, 0) is 10.0 Å². The highest BCUT2D eigenvalue weighted by Crippen LogP contribution is 2.45. The molecule has 1 aliphatic carbocycles. The van der Waals surface area contributed by atoms with Crippen LogP contribution in [0, 0.1) is 5.41 Å². The lowest BCUT2D eigenvalue weighted by atomic mass is 9.78. The normalized spacial score (nSPS) is 26.2. The minimum Gasteiger partial charge on any atom is -0.486 e. The third kappa shape index (κ3) is 3.05. The fourth-order valence-electron chi connectivity index (χ4n) is 3.21. The molecule has 0 aromatic heterocycles. The first-order valence-corrected chi connectivity index (χ1v) is 9.34. The fourth-order valence-corrected chi connectivity index (χ4v) is 4.31. The summed E-state index contributed by atoms with van der Waals surface area (Å²) in [6.07, 6.45) is 2.38. The zero-order valence-corrected chi connectivity index (χ0v) is 14.3. The first kappa shape index (κ1) is 16.5. The number of sulfonamides is 1. The van der Waals surface area contributed by atoms with Crippen molar-refractivity contribution in [2.24, 2.45) is 5.41 Å². The maximum atomic E-state index is 12.5. The van der Waals surface area contributed by atoms with E-state index in [9.17, 15) is 13.5 Å². The Morgan fingerprint density at radius 3 is 2.52 bits per heavy atom. The summed E-state index contributed by atoms with van der Waals surface area (Å²) >= 11 is 0. The summed E-state index contributed by atoms with van der Waals surface area (Å²) in [6.45, 7) is 4.81. The Hall–Kier alpha value is -1.31. The van der Waals surface area contributed by atoms with Crippen molar-refractivity contribution in [3.05, 3.63) is 18.2 Å². The molecule has 1 fully saturated rings. The predicted octanol–water partition coefficient (Wildman–Crippen LogP) is 1.68. The molecule has 1 aromatic rings. The minimum atomic E-state index is -3.72. The molecule has 2 N–H and O–H groups in total. The van der Waals surface area contributed by atoms with Crippen LogP contribution >= 0.6 is 0 Å². The van der Waals surface area contributed by atoms with Crippen LogP contribution in [0.15, 0.2) is 23.1 Å². The molecule has 23 heavy (non-hydrogen) atoms. The van der Waals surface area contributed by atoms with Gasteiger partial charge in [0.25, 0.3) is 0 Å². The maximum Gasteiger partial charge on any atom is 0.240 e. The summed E-state index contributed by atoms with van der Waals surface area (Å²) in [5, 5.41) is 10.7. The topological polar surface area (TPSA) is 84.9 Å². The number of ether oxygens (including phenoxy) is 2. The molecular weight excluding hydrogens is 318 g/mol. The molecule has 1 aliphatic heterocycles. The molecule has 1 atom stereocenters. The Kier molecular flexibility index (Phi) is 4.06. The molecule has 1 saturated carbocycles. The van der Waals surface area contributed by atoms with Gasteiger partial charge in [-0.15, -0.1) is 0 Å². The average Bonchev–Trinajstić information content (AvgIpc) is 2.79. The summed E-state index contributed by atoms with van der Waals surface area (Å²) in [7, 11) is -3.72. The van der Waals surface area contributed by atoms with Crippen LogP contribution in [0.5, 0.6) is 11.5 Å². The monoisotopic (exact) mass is 341 g/mol. The van der Waals surface area contributed by atoms with Crippen molar-refractivity contribution in [1.82, 2.24) is 4.72 Å². The van der Waals surface area contributed by atoms with Gasteiger partial charge in [-0.3, -0.25) is 0 Å². The second-order valence-corrected chi connectivity index (χ2v) is 8.67. The van der Waals surface area contributed by atoms with Gasteiger partial charge in [-0.25, -0.2) is 13.1 Å². The van der Waals surface area contributed by atoms with Crippen LogP contribution in [0.2, 0.25) is 0 Å². The lowest BCUT2D eigenvalue weighted by Gasteiger charge is -2.36. The zero-order chi connectivity index (χ0) is 16.7. The second-order valence-electron chi connectivity index (χ2n) is 6.90. The Labute approximate surface area is 136 Å². The Balaban J connectivity index is 1.77. The smallest absolute Gasteiger partial charge is 0.240 e. The van der Waals surface area contributed by atoms with Crippen LogP contribution in [0.4, 0.5) is 0 Å². The Morgan fingerprint density at radius 2 is 1.87 bits per heavy atom. The van der Waals surface area contributed by atoms with E-state index in [1.165, 1.54) is 12.1 Å². The number of hydrogen-bond acceptors (Lipinski definition) is 5. The van der Waals surface area contributed by atoms with Crippen LogP contribution in [0.25, 0.3) is 0 Å². The number of rotatable bonds is 4. The van der Waals surface area contributed by atoms with E-state index < -0.39 is 15.6 Å². The molecule has 2 aliphatic rings. The number of hydrogen-bond donors (Lipinski definition) is 2. The lowest BCUT2D eigenvalue weighted by molar-refractivity contribution is -0.0368. The number of fused-ring (bicyclic) bond motifs is 1. The Bertz CT molecular complexity index is 700. The van der Waals surface area contributed by atoms with Gasteiger partial charge in [-0.2, -0.15) is 0 Å². The van der Waals surface area contributed by atoms with E-state index in [0.29, 0.717) is 31.1 Å². The predicted molar refractivity (Wildman–Crippen MR) is 85.2 cm³/mol. The second kappa shape index (κ2) is 5.65. The van der Waals surface area contributed by atoms with Gasteiger partial charge in [-0.1, -0.05) is 13.8 Å². The molecule has 7 heteroatoms. The van der Waals surface area contributed by atoms with E-state index >= 15 is 0 Å². The lowest BCUT2D eigenvalue weighted by Crippen LogP contribution is -2.49. The van der Waals surface area contributed by atoms with Gasteiger partial charge in [0.1, 0.15) is 13.2 Å². The molecule has 0 spiro atoms. The van der Waals surface area contributed by atoms with Crippen molar-refractivity contribution < 1.29 is 23.0 Å². The van der Waals surface area contributed by atoms with Gasteiger partial charge >= 0.3 is 0 Å². The van der Waals surface area contributed by atoms with Gasteiger partial charge in [0.05, 0.1) is 10.5 Å². The standard InChI is InChI=1S/C16H23NO5S/c1-15(2)6-3-7-16(15,18)11-17-23(19,20)12-4-5-13-14(10-12)22-9-8-21-13/h4-5,10,17-18H,3,6-9,11H2,1-2H3. The third-order valence-corrected chi connectivity index (χ3v) is 6.43. The third-order valence-electron chi connectivity index (χ3n) is 5.03. The average molecular weight is 341 g/mol. The molecule has 3 rings (SSSR count). The fraction of sp³-hybridized carbons (Fsp3) is 0.625. The van der Waals surface area contributed by atoms with Crippen LogP contribution in [0.1, 0.15) is 33.1 Å². The van der Waals surface area contributed by atoms with Crippen molar-refractivity contribution >= 4 is 10.0 Å². The number of benzene rings is 1.